The van der Waals surface area contributed by atoms with Crippen LogP contribution in [0.3, 0.4) is 0 Å². The fourth-order valence-corrected chi connectivity index (χ4v) is 2.88. The molecule has 1 heterocycles. The van der Waals surface area contributed by atoms with E-state index in [1.54, 1.807) is 0 Å². The van der Waals surface area contributed by atoms with Crippen LogP contribution in [-0.4, -0.2) is 4.57 Å². The molecule has 1 aliphatic rings. The summed E-state index contributed by atoms with van der Waals surface area (Å²) in [7, 11) is 0. The Balaban J connectivity index is 2.34. The van der Waals surface area contributed by atoms with E-state index in [0.29, 0.717) is 5.75 Å². The van der Waals surface area contributed by atoms with E-state index in [1.807, 2.05) is 4.57 Å². The molecule has 94 valence electrons. The smallest absolute Gasteiger partial charge is 0.254 e. The van der Waals surface area contributed by atoms with Gasteiger partial charge in [-0.25, -0.2) is 0 Å². The van der Waals surface area contributed by atoms with E-state index in [-0.39, 0.29) is 5.56 Å². The summed E-state index contributed by atoms with van der Waals surface area (Å²) in [6.07, 6.45) is 6.90. The fraction of sp³-hybridized carbons (Fsp3) is 0.643. The highest BCUT2D eigenvalue weighted by Crippen LogP contribution is 2.22. The number of rotatable bonds is 5. The zero-order valence-electron chi connectivity index (χ0n) is 10.5. The Morgan fingerprint density at radius 1 is 1.35 bits per heavy atom. The molecule has 0 spiro atoms. The van der Waals surface area contributed by atoms with Crippen LogP contribution in [0.15, 0.2) is 10.9 Å². The minimum atomic E-state index is 0.191. The lowest BCUT2D eigenvalue weighted by atomic mass is 10.1. The Bertz CT molecular complexity index is 450. The number of hydrogen-bond acceptors (Lipinski definition) is 2. The van der Waals surface area contributed by atoms with E-state index >= 15 is 0 Å². The highest BCUT2D eigenvalue weighted by Gasteiger charge is 2.18. The van der Waals surface area contributed by atoms with Crippen molar-refractivity contribution in [1.29, 1.82) is 0 Å². The van der Waals surface area contributed by atoms with Crippen LogP contribution in [0, 0.1) is 0 Å². The van der Waals surface area contributed by atoms with Gasteiger partial charge in [0.1, 0.15) is 0 Å². The van der Waals surface area contributed by atoms with Crippen molar-refractivity contribution in [3.63, 3.8) is 0 Å². The maximum Gasteiger partial charge on any atom is 0.254 e. The molecule has 0 aromatic carbocycles. The van der Waals surface area contributed by atoms with Crippen LogP contribution in [0.2, 0.25) is 0 Å². The van der Waals surface area contributed by atoms with Crippen molar-refractivity contribution >= 4 is 12.6 Å². The Kier molecular flexibility index (Phi) is 4.32. The zero-order chi connectivity index (χ0) is 12.3. The molecule has 0 unspecified atom stereocenters. The average Bonchev–Trinajstić information content (AvgIpc) is 2.79. The van der Waals surface area contributed by atoms with E-state index in [0.717, 1.165) is 31.4 Å². The largest absolute Gasteiger partial charge is 0.312 e. The van der Waals surface area contributed by atoms with Gasteiger partial charge in [0.15, 0.2) is 0 Å². The highest BCUT2D eigenvalue weighted by atomic mass is 32.1. The number of fused-ring (bicyclic) bond motifs is 1. The topological polar surface area (TPSA) is 22.0 Å². The molecule has 1 aliphatic carbocycles. The molecule has 0 saturated heterocycles. The first-order chi connectivity index (χ1) is 8.27. The summed E-state index contributed by atoms with van der Waals surface area (Å²) < 4.78 is 2.02. The normalized spacial score (nSPS) is 14.0. The van der Waals surface area contributed by atoms with Crippen LogP contribution in [0.5, 0.6) is 0 Å². The Labute approximate surface area is 108 Å². The highest BCUT2D eigenvalue weighted by molar-refractivity contribution is 7.79. The first kappa shape index (κ1) is 12.7. The van der Waals surface area contributed by atoms with E-state index in [9.17, 15) is 4.79 Å². The van der Waals surface area contributed by atoms with Crippen LogP contribution >= 0.6 is 12.6 Å². The standard InChI is InChI=1S/C14H21NOS/c1-2-3-4-8-15-13-7-5-6-11(13)9-12(10-17)14(15)16/h9,17H,2-8,10H2,1H3. The number of hydrogen-bond donors (Lipinski definition) is 1. The third-order valence-electron chi connectivity index (χ3n) is 3.58. The molecular weight excluding hydrogens is 230 g/mol. The Hall–Kier alpha value is -0.700. The average molecular weight is 251 g/mol. The molecule has 0 bridgehead atoms. The van der Waals surface area contributed by atoms with Crippen molar-refractivity contribution in [3.05, 3.63) is 33.2 Å². The van der Waals surface area contributed by atoms with Crippen molar-refractivity contribution < 1.29 is 0 Å². The molecule has 0 radical (unpaired) electrons. The van der Waals surface area contributed by atoms with Crippen LogP contribution in [0.4, 0.5) is 0 Å². The molecule has 0 aliphatic heterocycles. The van der Waals surface area contributed by atoms with Gasteiger partial charge in [0.2, 0.25) is 0 Å². The molecule has 0 N–H and O–H groups in total. The van der Waals surface area contributed by atoms with Gasteiger partial charge in [-0.15, -0.1) is 0 Å². The third-order valence-corrected chi connectivity index (χ3v) is 3.92. The van der Waals surface area contributed by atoms with Crippen LogP contribution in [0.1, 0.15) is 49.4 Å². The van der Waals surface area contributed by atoms with Crippen LogP contribution < -0.4 is 5.56 Å². The zero-order valence-corrected chi connectivity index (χ0v) is 11.4. The minimum absolute atomic E-state index is 0.191. The molecule has 0 atom stereocenters. The summed E-state index contributed by atoms with van der Waals surface area (Å²) in [6.45, 7) is 3.08. The van der Waals surface area contributed by atoms with Gasteiger partial charge in [-0.2, -0.15) is 12.6 Å². The second kappa shape index (κ2) is 5.76. The molecule has 1 aromatic rings. The molecule has 0 saturated carbocycles. The first-order valence-corrected chi connectivity index (χ1v) is 7.26. The summed E-state index contributed by atoms with van der Waals surface area (Å²) in [6, 6.07) is 2.08. The van der Waals surface area contributed by atoms with Crippen LogP contribution in [0.25, 0.3) is 0 Å². The van der Waals surface area contributed by atoms with Crippen molar-refractivity contribution in [2.75, 3.05) is 0 Å². The molecule has 0 fully saturated rings. The van der Waals surface area contributed by atoms with Crippen molar-refractivity contribution in [2.24, 2.45) is 0 Å². The monoisotopic (exact) mass is 251 g/mol. The predicted molar refractivity (Wildman–Crippen MR) is 74.9 cm³/mol. The second-order valence-electron chi connectivity index (χ2n) is 4.82. The summed E-state index contributed by atoms with van der Waals surface area (Å²) >= 11 is 4.26. The minimum Gasteiger partial charge on any atom is -0.312 e. The first-order valence-electron chi connectivity index (χ1n) is 6.63. The molecule has 2 nitrogen and oxygen atoms in total. The summed E-state index contributed by atoms with van der Waals surface area (Å²) in [5.41, 5.74) is 3.73. The van der Waals surface area contributed by atoms with E-state index in [1.165, 1.54) is 30.5 Å². The maximum absolute atomic E-state index is 12.3. The van der Waals surface area contributed by atoms with E-state index < -0.39 is 0 Å². The number of aromatic nitrogens is 1. The second-order valence-corrected chi connectivity index (χ2v) is 5.13. The Morgan fingerprint density at radius 3 is 2.88 bits per heavy atom. The van der Waals surface area contributed by atoms with E-state index in [4.69, 9.17) is 0 Å². The maximum atomic E-state index is 12.3. The van der Waals surface area contributed by atoms with E-state index in [2.05, 4.69) is 25.6 Å². The van der Waals surface area contributed by atoms with Gasteiger partial charge >= 0.3 is 0 Å². The molecule has 1 aromatic heterocycles. The van der Waals surface area contributed by atoms with Gasteiger partial charge < -0.3 is 4.57 Å². The van der Waals surface area contributed by atoms with Crippen molar-refractivity contribution in [3.8, 4) is 0 Å². The number of aryl methyl sites for hydroxylation is 1. The predicted octanol–water partition coefficient (Wildman–Crippen LogP) is 2.96. The fourth-order valence-electron chi connectivity index (χ4n) is 2.65. The lowest BCUT2D eigenvalue weighted by molar-refractivity contribution is 0.567. The Morgan fingerprint density at radius 2 is 2.18 bits per heavy atom. The number of thiol groups is 1. The molecule has 0 amide bonds. The van der Waals surface area contributed by atoms with Crippen molar-refractivity contribution in [1.82, 2.24) is 4.57 Å². The van der Waals surface area contributed by atoms with Gasteiger partial charge in [0.25, 0.3) is 5.56 Å². The quantitative estimate of drug-likeness (QED) is 0.631. The van der Waals surface area contributed by atoms with Gasteiger partial charge in [-0.3, -0.25) is 4.79 Å². The van der Waals surface area contributed by atoms with Gasteiger partial charge in [-0.1, -0.05) is 19.8 Å². The summed E-state index contributed by atoms with van der Waals surface area (Å²) in [5.74, 6) is 0.555. The lowest BCUT2D eigenvalue weighted by Gasteiger charge is -2.13. The van der Waals surface area contributed by atoms with Gasteiger partial charge in [-0.05, 0) is 37.3 Å². The SMILES string of the molecule is CCCCCn1c2c(cc(CS)c1=O)CCC2. The molecule has 3 heteroatoms. The molecule has 2 rings (SSSR count). The van der Waals surface area contributed by atoms with Gasteiger partial charge in [0, 0.05) is 23.6 Å². The van der Waals surface area contributed by atoms with Gasteiger partial charge in [0.05, 0.1) is 0 Å². The number of pyridine rings is 1. The van der Waals surface area contributed by atoms with Crippen LogP contribution in [-0.2, 0) is 25.1 Å². The number of unbranched alkanes of at least 4 members (excludes halogenated alkanes) is 2. The molecule has 17 heavy (non-hydrogen) atoms. The van der Waals surface area contributed by atoms with Crippen molar-refractivity contribution in [2.45, 2.75) is 57.7 Å². The summed E-state index contributed by atoms with van der Waals surface area (Å²) in [5, 5.41) is 0. The summed E-state index contributed by atoms with van der Waals surface area (Å²) in [4.78, 5) is 12.3. The lowest BCUT2D eigenvalue weighted by Crippen LogP contribution is -2.26. The third kappa shape index (κ3) is 2.59. The molecular formula is C14H21NOS. The number of nitrogens with zero attached hydrogens (tertiary/aromatic N) is 1.